The Bertz CT molecular complexity index is 984. The number of aliphatic carboxylic acids is 1. The molecule has 0 saturated carbocycles. The minimum atomic E-state index is -1.65. The number of carbonyl (C=O) groups excluding carboxylic acids is 3. The number of hydrogen-bond donors (Lipinski definition) is 3. The number of nitrogens with zero attached hydrogens (tertiary/aromatic N) is 1. The molecular weight excluding hydrogens is 468 g/mol. The van der Waals surface area contributed by atoms with Crippen LogP contribution < -0.4 is 5.32 Å². The minimum absolute atomic E-state index is 0.0686. The number of carboxylic acid groups (broad SMARTS) is 1. The van der Waals surface area contributed by atoms with E-state index in [0.29, 0.717) is 15.5 Å². The summed E-state index contributed by atoms with van der Waals surface area (Å²) >= 11 is 5.82. The number of rotatable bonds is 11. The van der Waals surface area contributed by atoms with Gasteiger partial charge in [-0.05, 0) is 23.3 Å². The summed E-state index contributed by atoms with van der Waals surface area (Å²) in [5, 5.41) is 21.9. The maximum atomic E-state index is 13.0. The molecule has 2 rings (SSSR count). The predicted molar refractivity (Wildman–Crippen MR) is 121 cm³/mol. The fourth-order valence-electron chi connectivity index (χ4n) is 3.06. The lowest BCUT2D eigenvalue weighted by Crippen LogP contribution is -2.55. The van der Waals surface area contributed by atoms with Gasteiger partial charge in [-0.2, -0.15) is 0 Å². The first-order chi connectivity index (χ1) is 16.2. The number of esters is 1. The van der Waals surface area contributed by atoms with E-state index in [-0.39, 0.29) is 13.0 Å². The first-order valence-corrected chi connectivity index (χ1v) is 10.6. The van der Waals surface area contributed by atoms with Gasteiger partial charge in [-0.25, -0.2) is 9.59 Å². The summed E-state index contributed by atoms with van der Waals surface area (Å²) < 4.78 is 9.86. The van der Waals surface area contributed by atoms with E-state index in [1.54, 1.807) is 54.6 Å². The molecule has 0 heterocycles. The van der Waals surface area contributed by atoms with Crippen molar-refractivity contribution < 1.29 is 38.9 Å². The molecule has 0 unspecified atom stereocenters. The second kappa shape index (κ2) is 13.2. The number of carbonyl (C=O) groups is 4. The Labute approximate surface area is 201 Å². The van der Waals surface area contributed by atoms with E-state index in [0.717, 1.165) is 12.7 Å². The molecule has 2 amide bonds. The van der Waals surface area contributed by atoms with E-state index < -0.39 is 49.2 Å². The maximum Gasteiger partial charge on any atom is 0.412 e. The number of halogens is 1. The van der Waals surface area contributed by atoms with E-state index in [1.165, 1.54) is 0 Å². The van der Waals surface area contributed by atoms with Crippen LogP contribution in [-0.4, -0.2) is 65.0 Å². The third-order valence-corrected chi connectivity index (χ3v) is 5.05. The molecule has 0 bridgehead atoms. The van der Waals surface area contributed by atoms with Gasteiger partial charge in [0.1, 0.15) is 25.4 Å². The highest BCUT2D eigenvalue weighted by atomic mass is 35.5. The van der Waals surface area contributed by atoms with Crippen LogP contribution in [0, 0.1) is 0 Å². The molecule has 0 aromatic heterocycles. The molecule has 2 atom stereocenters. The average Bonchev–Trinajstić information content (AvgIpc) is 2.83. The number of ether oxygens (including phenoxy) is 2. The van der Waals surface area contributed by atoms with Crippen LogP contribution in [0.5, 0.6) is 0 Å². The molecule has 0 aliphatic heterocycles. The van der Waals surface area contributed by atoms with Crippen molar-refractivity contribution >= 4 is 35.5 Å². The quantitative estimate of drug-likeness (QED) is 0.319. The zero-order chi connectivity index (χ0) is 25.1. The van der Waals surface area contributed by atoms with Crippen LogP contribution in [-0.2, 0) is 36.9 Å². The summed E-state index contributed by atoms with van der Waals surface area (Å²) in [5.41, 5.74) is 1.30. The largest absolute Gasteiger partial charge is 0.481 e. The number of methoxy groups -OCH3 is 1. The van der Waals surface area contributed by atoms with Gasteiger partial charge in [-0.1, -0.05) is 54.1 Å². The molecule has 0 aliphatic rings. The van der Waals surface area contributed by atoms with Crippen molar-refractivity contribution in [2.45, 2.75) is 31.5 Å². The van der Waals surface area contributed by atoms with Crippen LogP contribution in [0.3, 0.4) is 0 Å². The third kappa shape index (κ3) is 8.05. The Morgan fingerprint density at radius 2 is 1.68 bits per heavy atom. The fraction of sp³-hybridized carbons (Fsp3) is 0.304. The van der Waals surface area contributed by atoms with Gasteiger partial charge in [0, 0.05) is 11.4 Å². The second-order valence-electron chi connectivity index (χ2n) is 7.18. The number of benzene rings is 2. The lowest BCUT2D eigenvalue weighted by atomic mass is 10.0. The van der Waals surface area contributed by atoms with Crippen LogP contribution >= 0.6 is 11.6 Å². The van der Waals surface area contributed by atoms with Crippen LogP contribution in [0.1, 0.15) is 17.5 Å². The number of amides is 2. The molecule has 0 radical (unpaired) electrons. The van der Waals surface area contributed by atoms with Gasteiger partial charge >= 0.3 is 18.0 Å². The summed E-state index contributed by atoms with van der Waals surface area (Å²) in [6.45, 7) is -1.20. The van der Waals surface area contributed by atoms with Gasteiger partial charge < -0.3 is 25.0 Å². The monoisotopic (exact) mass is 492 g/mol. The molecule has 0 saturated heterocycles. The third-order valence-electron chi connectivity index (χ3n) is 4.79. The van der Waals surface area contributed by atoms with Gasteiger partial charge in [-0.15, -0.1) is 0 Å². The average molecular weight is 493 g/mol. The summed E-state index contributed by atoms with van der Waals surface area (Å²) in [5.74, 6) is -3.12. The number of carboxylic acids is 1. The van der Waals surface area contributed by atoms with E-state index in [4.69, 9.17) is 21.1 Å². The van der Waals surface area contributed by atoms with Gasteiger partial charge in [0.2, 0.25) is 5.91 Å². The lowest BCUT2D eigenvalue weighted by Gasteiger charge is -2.28. The predicted octanol–water partition coefficient (Wildman–Crippen LogP) is 1.97. The van der Waals surface area contributed by atoms with Crippen LogP contribution in [0.4, 0.5) is 4.79 Å². The summed E-state index contributed by atoms with van der Waals surface area (Å²) in [4.78, 5) is 49.7. The Balaban J connectivity index is 2.16. The number of aliphatic hydroxyl groups is 1. The van der Waals surface area contributed by atoms with Crippen molar-refractivity contribution in [1.29, 1.82) is 0 Å². The van der Waals surface area contributed by atoms with E-state index in [1.807, 2.05) is 0 Å². The molecule has 2 aromatic carbocycles. The van der Waals surface area contributed by atoms with Crippen molar-refractivity contribution in [3.05, 3.63) is 70.7 Å². The summed E-state index contributed by atoms with van der Waals surface area (Å²) in [6, 6.07) is 12.4. The second-order valence-corrected chi connectivity index (χ2v) is 7.62. The molecule has 2 aromatic rings. The van der Waals surface area contributed by atoms with Gasteiger partial charge in [0.15, 0.2) is 0 Å². The minimum Gasteiger partial charge on any atom is -0.481 e. The SMILES string of the molecule is COC(=O)[C@H](Cc1ccccc1)NC(=O)[C@H](CC(=O)O)N(CO)C(=O)OCc1ccc(Cl)cc1. The Morgan fingerprint density at radius 1 is 1.03 bits per heavy atom. The van der Waals surface area contributed by atoms with Crippen molar-refractivity contribution in [3.8, 4) is 0 Å². The van der Waals surface area contributed by atoms with Crippen molar-refractivity contribution in [1.82, 2.24) is 10.2 Å². The maximum absolute atomic E-state index is 13.0. The van der Waals surface area contributed by atoms with Crippen LogP contribution in [0.2, 0.25) is 5.02 Å². The highest BCUT2D eigenvalue weighted by molar-refractivity contribution is 6.30. The first-order valence-electron chi connectivity index (χ1n) is 10.2. The highest BCUT2D eigenvalue weighted by Gasteiger charge is 2.35. The van der Waals surface area contributed by atoms with Gasteiger partial charge in [0.05, 0.1) is 13.5 Å². The molecule has 11 heteroatoms. The highest BCUT2D eigenvalue weighted by Crippen LogP contribution is 2.13. The topological polar surface area (TPSA) is 142 Å². The molecule has 0 fully saturated rings. The van der Waals surface area contributed by atoms with Crippen molar-refractivity contribution in [3.63, 3.8) is 0 Å². The summed E-state index contributed by atoms with van der Waals surface area (Å²) in [7, 11) is 1.15. The van der Waals surface area contributed by atoms with Gasteiger partial charge in [-0.3, -0.25) is 14.5 Å². The smallest absolute Gasteiger partial charge is 0.412 e. The van der Waals surface area contributed by atoms with Crippen LogP contribution in [0.15, 0.2) is 54.6 Å². The standard InChI is InChI=1S/C23H25ClN2O8/c1-33-22(31)18(11-15-5-3-2-4-6-15)25-21(30)19(12-20(28)29)26(14-27)23(32)34-13-16-7-9-17(24)10-8-16/h2-10,18-19,27H,11-14H2,1H3,(H,25,30)(H,28,29)/t18-,19-/m0/s1. The molecular formula is C23H25ClN2O8. The lowest BCUT2D eigenvalue weighted by molar-refractivity contribution is -0.146. The molecule has 182 valence electrons. The Kier molecular flexibility index (Phi) is 10.3. The molecule has 10 nitrogen and oxygen atoms in total. The zero-order valence-electron chi connectivity index (χ0n) is 18.3. The number of hydrogen-bond acceptors (Lipinski definition) is 7. The van der Waals surface area contributed by atoms with Gasteiger partial charge in [0.25, 0.3) is 0 Å². The number of nitrogens with one attached hydrogen (secondary N) is 1. The molecule has 0 spiro atoms. The van der Waals surface area contributed by atoms with E-state index in [2.05, 4.69) is 5.32 Å². The summed E-state index contributed by atoms with van der Waals surface area (Å²) in [6.07, 6.45) is -1.88. The Hall–Kier alpha value is -3.63. The first kappa shape index (κ1) is 26.6. The van der Waals surface area contributed by atoms with Crippen molar-refractivity contribution in [2.75, 3.05) is 13.8 Å². The fourth-order valence-corrected chi connectivity index (χ4v) is 3.18. The normalized spacial score (nSPS) is 12.2. The van der Waals surface area contributed by atoms with Crippen molar-refractivity contribution in [2.24, 2.45) is 0 Å². The van der Waals surface area contributed by atoms with Crippen LogP contribution in [0.25, 0.3) is 0 Å². The molecule has 3 N–H and O–H groups in total. The number of aliphatic hydroxyl groups excluding tert-OH is 1. The van der Waals surface area contributed by atoms with E-state index in [9.17, 15) is 29.4 Å². The molecule has 0 aliphatic carbocycles. The zero-order valence-corrected chi connectivity index (χ0v) is 19.1. The molecule has 34 heavy (non-hydrogen) atoms. The Morgan fingerprint density at radius 3 is 2.24 bits per heavy atom. The van der Waals surface area contributed by atoms with E-state index >= 15 is 0 Å².